The summed E-state index contributed by atoms with van der Waals surface area (Å²) in [6.07, 6.45) is 4.09. The third-order valence-electron chi connectivity index (χ3n) is 3.53. The number of benzene rings is 1. The van der Waals surface area contributed by atoms with Crippen LogP contribution in [0.1, 0.15) is 42.2 Å². The van der Waals surface area contributed by atoms with E-state index in [1.54, 1.807) is 0 Å². The van der Waals surface area contributed by atoms with Crippen molar-refractivity contribution in [2.75, 3.05) is 5.88 Å². The fourth-order valence-electron chi connectivity index (χ4n) is 2.26. The molecule has 14 heavy (non-hydrogen) atoms. The molecule has 1 aromatic rings. The molecule has 0 saturated heterocycles. The molecule has 0 heterocycles. The largest absolute Gasteiger partial charge is 0.126 e. The van der Waals surface area contributed by atoms with E-state index in [0.29, 0.717) is 0 Å². The van der Waals surface area contributed by atoms with Crippen LogP contribution in [-0.4, -0.2) is 5.88 Å². The van der Waals surface area contributed by atoms with Crippen molar-refractivity contribution >= 4 is 11.6 Å². The van der Waals surface area contributed by atoms with E-state index in [2.05, 4.69) is 24.3 Å². The maximum Gasteiger partial charge on any atom is 0.0257 e. The van der Waals surface area contributed by atoms with Crippen LogP contribution in [0, 0.1) is 5.92 Å². The lowest BCUT2D eigenvalue weighted by Gasteiger charge is -2.01. The summed E-state index contributed by atoms with van der Waals surface area (Å²) in [6.45, 7) is 0. The van der Waals surface area contributed by atoms with Gasteiger partial charge in [-0.15, -0.1) is 11.6 Å². The van der Waals surface area contributed by atoms with Gasteiger partial charge in [0.05, 0.1) is 0 Å². The summed E-state index contributed by atoms with van der Waals surface area (Å²) in [5.41, 5.74) is 3.04. The highest BCUT2D eigenvalue weighted by molar-refractivity contribution is 6.18. The molecule has 0 amide bonds. The maximum atomic E-state index is 5.84. The molecule has 0 bridgehead atoms. The molecule has 0 radical (unpaired) electrons. The highest BCUT2D eigenvalue weighted by Crippen LogP contribution is 2.48. The third-order valence-corrected chi connectivity index (χ3v) is 3.93. The second-order valence-electron chi connectivity index (χ2n) is 4.70. The average Bonchev–Trinajstić information content (AvgIpc) is 3.11. The molecule has 2 unspecified atom stereocenters. The molecule has 0 aliphatic heterocycles. The van der Waals surface area contributed by atoms with E-state index >= 15 is 0 Å². The van der Waals surface area contributed by atoms with Gasteiger partial charge in [0, 0.05) is 5.88 Å². The molecule has 2 aliphatic carbocycles. The molecular weight excluding hydrogens is 192 g/mol. The lowest BCUT2D eigenvalue weighted by Crippen LogP contribution is -1.86. The van der Waals surface area contributed by atoms with Gasteiger partial charge in [0.2, 0.25) is 0 Å². The van der Waals surface area contributed by atoms with Crippen molar-refractivity contribution in [3.8, 4) is 0 Å². The third kappa shape index (κ3) is 1.56. The van der Waals surface area contributed by atoms with Gasteiger partial charge in [0.1, 0.15) is 0 Å². The molecule has 0 nitrogen and oxygen atoms in total. The van der Waals surface area contributed by atoms with E-state index in [0.717, 1.165) is 23.6 Å². The number of halogens is 1. The van der Waals surface area contributed by atoms with Gasteiger partial charge in [-0.25, -0.2) is 0 Å². The SMILES string of the molecule is ClCC1CC1c1ccc(C2CC2)cc1. The molecule has 0 aromatic heterocycles. The summed E-state index contributed by atoms with van der Waals surface area (Å²) in [7, 11) is 0. The van der Waals surface area contributed by atoms with Crippen LogP contribution in [0.2, 0.25) is 0 Å². The van der Waals surface area contributed by atoms with Crippen molar-refractivity contribution in [3.05, 3.63) is 35.4 Å². The number of hydrogen-bond donors (Lipinski definition) is 0. The van der Waals surface area contributed by atoms with E-state index in [9.17, 15) is 0 Å². The Bertz CT molecular complexity index is 324. The smallest absolute Gasteiger partial charge is 0.0257 e. The van der Waals surface area contributed by atoms with Crippen LogP contribution in [0.15, 0.2) is 24.3 Å². The highest BCUT2D eigenvalue weighted by Gasteiger charge is 2.37. The maximum absolute atomic E-state index is 5.84. The van der Waals surface area contributed by atoms with Crippen LogP contribution in [-0.2, 0) is 0 Å². The Morgan fingerprint density at radius 3 is 2.21 bits per heavy atom. The van der Waals surface area contributed by atoms with Gasteiger partial charge in [-0.2, -0.15) is 0 Å². The second kappa shape index (κ2) is 3.27. The van der Waals surface area contributed by atoms with Gasteiger partial charge in [0.15, 0.2) is 0 Å². The molecule has 0 spiro atoms. The molecule has 74 valence electrons. The summed E-state index contributed by atoms with van der Waals surface area (Å²) in [5, 5.41) is 0. The minimum Gasteiger partial charge on any atom is -0.126 e. The summed E-state index contributed by atoms with van der Waals surface area (Å²) in [6, 6.07) is 9.25. The van der Waals surface area contributed by atoms with Crippen LogP contribution in [0.4, 0.5) is 0 Å². The first-order chi connectivity index (χ1) is 6.88. The fourth-order valence-corrected chi connectivity index (χ4v) is 2.60. The molecule has 0 N–H and O–H groups in total. The Morgan fingerprint density at radius 1 is 1.07 bits per heavy atom. The van der Waals surface area contributed by atoms with E-state index < -0.39 is 0 Å². The van der Waals surface area contributed by atoms with Gasteiger partial charge < -0.3 is 0 Å². The van der Waals surface area contributed by atoms with Gasteiger partial charge in [0.25, 0.3) is 0 Å². The summed E-state index contributed by atoms with van der Waals surface area (Å²) >= 11 is 5.84. The van der Waals surface area contributed by atoms with Crippen molar-refractivity contribution in [3.63, 3.8) is 0 Å². The number of hydrogen-bond acceptors (Lipinski definition) is 0. The monoisotopic (exact) mass is 206 g/mol. The van der Waals surface area contributed by atoms with Crippen molar-refractivity contribution in [2.24, 2.45) is 5.92 Å². The Kier molecular flexibility index (Phi) is 2.05. The first-order valence-corrected chi connectivity index (χ1v) is 6.08. The Labute approximate surface area is 90.3 Å². The zero-order chi connectivity index (χ0) is 9.54. The molecule has 2 aliphatic rings. The molecule has 2 saturated carbocycles. The second-order valence-corrected chi connectivity index (χ2v) is 5.01. The van der Waals surface area contributed by atoms with Crippen molar-refractivity contribution in [1.29, 1.82) is 0 Å². The van der Waals surface area contributed by atoms with Crippen LogP contribution in [0.5, 0.6) is 0 Å². The average molecular weight is 207 g/mol. The fraction of sp³-hybridized carbons (Fsp3) is 0.538. The van der Waals surface area contributed by atoms with E-state index in [-0.39, 0.29) is 0 Å². The zero-order valence-corrected chi connectivity index (χ0v) is 9.00. The Balaban J connectivity index is 1.74. The van der Waals surface area contributed by atoms with Gasteiger partial charge in [-0.05, 0) is 48.1 Å². The number of alkyl halides is 1. The Hall–Kier alpha value is -0.490. The van der Waals surface area contributed by atoms with Crippen LogP contribution >= 0.6 is 11.6 Å². The minimum atomic E-state index is 0.753. The summed E-state index contributed by atoms with van der Waals surface area (Å²) in [5.74, 6) is 3.23. The molecule has 1 aromatic carbocycles. The lowest BCUT2D eigenvalue weighted by molar-refractivity contribution is 0.921. The van der Waals surface area contributed by atoms with Crippen LogP contribution < -0.4 is 0 Å². The van der Waals surface area contributed by atoms with Crippen molar-refractivity contribution < 1.29 is 0 Å². The van der Waals surface area contributed by atoms with Gasteiger partial charge in [-0.1, -0.05) is 24.3 Å². The van der Waals surface area contributed by atoms with Crippen molar-refractivity contribution in [2.45, 2.75) is 31.1 Å². The van der Waals surface area contributed by atoms with E-state index in [1.807, 2.05) is 0 Å². The predicted molar refractivity (Wildman–Crippen MR) is 60.0 cm³/mol. The highest BCUT2D eigenvalue weighted by atomic mass is 35.5. The van der Waals surface area contributed by atoms with Gasteiger partial charge >= 0.3 is 0 Å². The summed E-state index contributed by atoms with van der Waals surface area (Å²) < 4.78 is 0. The first kappa shape index (κ1) is 8.79. The molecule has 2 fully saturated rings. The zero-order valence-electron chi connectivity index (χ0n) is 8.25. The lowest BCUT2D eigenvalue weighted by atomic mass is 10.0. The first-order valence-electron chi connectivity index (χ1n) is 5.54. The normalized spacial score (nSPS) is 30.4. The Morgan fingerprint density at radius 2 is 1.71 bits per heavy atom. The van der Waals surface area contributed by atoms with E-state index in [1.165, 1.54) is 30.4 Å². The quantitative estimate of drug-likeness (QED) is 0.658. The van der Waals surface area contributed by atoms with Crippen molar-refractivity contribution in [1.82, 2.24) is 0 Å². The topological polar surface area (TPSA) is 0 Å². The molecule has 2 atom stereocenters. The van der Waals surface area contributed by atoms with Crippen LogP contribution in [0.25, 0.3) is 0 Å². The minimum absolute atomic E-state index is 0.753. The standard InChI is InChI=1S/C13H15Cl/c14-8-12-7-13(12)11-5-3-10(4-6-11)9-1-2-9/h3-6,9,12-13H,1-2,7-8H2. The van der Waals surface area contributed by atoms with E-state index in [4.69, 9.17) is 11.6 Å². The van der Waals surface area contributed by atoms with Gasteiger partial charge in [-0.3, -0.25) is 0 Å². The molecular formula is C13H15Cl. The predicted octanol–water partition coefficient (Wildman–Crippen LogP) is 3.91. The molecule has 1 heteroatoms. The summed E-state index contributed by atoms with van der Waals surface area (Å²) in [4.78, 5) is 0. The van der Waals surface area contributed by atoms with Crippen LogP contribution in [0.3, 0.4) is 0 Å². The molecule has 3 rings (SSSR count). The number of rotatable bonds is 3.